The number of nitrogens with zero attached hydrogens (tertiary/aromatic N) is 3. The molecule has 0 saturated heterocycles. The molecule has 1 N–H and O–H groups in total. The summed E-state index contributed by atoms with van der Waals surface area (Å²) in [4.78, 5) is 9.09. The molecule has 0 spiro atoms. The minimum absolute atomic E-state index is 0.657. The summed E-state index contributed by atoms with van der Waals surface area (Å²) in [6.07, 6.45) is 7.97. The first-order valence-electron chi connectivity index (χ1n) is 10.8. The van der Waals surface area contributed by atoms with Crippen molar-refractivity contribution in [1.82, 2.24) is 9.97 Å². The third-order valence-corrected chi connectivity index (χ3v) is 5.27. The van der Waals surface area contributed by atoms with E-state index in [4.69, 9.17) is 4.74 Å². The Bertz CT molecular complexity index is 972. The van der Waals surface area contributed by atoms with Crippen LogP contribution in [0.15, 0.2) is 64.2 Å². The predicted molar refractivity (Wildman–Crippen MR) is 132 cm³/mol. The van der Waals surface area contributed by atoms with E-state index >= 15 is 0 Å². The molecule has 0 fully saturated rings. The molecule has 1 heterocycles. The first-order valence-corrected chi connectivity index (χ1v) is 11.6. The van der Waals surface area contributed by atoms with Gasteiger partial charge in [-0.05, 0) is 55.3 Å². The molecule has 6 heteroatoms. The van der Waals surface area contributed by atoms with Crippen LogP contribution >= 0.6 is 15.9 Å². The van der Waals surface area contributed by atoms with Crippen molar-refractivity contribution in [2.24, 2.45) is 5.10 Å². The fraction of sp³-hybridized carbons (Fsp3) is 0.320. The number of rotatable bonds is 11. The maximum atomic E-state index is 5.81. The summed E-state index contributed by atoms with van der Waals surface area (Å²) in [5.41, 5.74) is 5.83. The maximum absolute atomic E-state index is 5.81. The fourth-order valence-electron chi connectivity index (χ4n) is 3.07. The van der Waals surface area contributed by atoms with Crippen molar-refractivity contribution in [2.45, 2.75) is 46.0 Å². The summed E-state index contributed by atoms with van der Waals surface area (Å²) in [6.45, 7) is 4.95. The first kappa shape index (κ1) is 22.9. The molecule has 0 radical (unpaired) electrons. The summed E-state index contributed by atoms with van der Waals surface area (Å²) >= 11 is 3.45. The molecule has 162 valence electrons. The third kappa shape index (κ3) is 7.79. The number of benzene rings is 2. The van der Waals surface area contributed by atoms with Crippen LogP contribution in [0.5, 0.6) is 5.75 Å². The van der Waals surface area contributed by atoms with Crippen molar-refractivity contribution in [1.29, 1.82) is 0 Å². The van der Waals surface area contributed by atoms with E-state index in [-0.39, 0.29) is 0 Å². The molecule has 0 amide bonds. The Labute approximate surface area is 193 Å². The maximum Gasteiger partial charge on any atom is 0.161 e. The molecule has 0 aliphatic heterocycles. The van der Waals surface area contributed by atoms with E-state index in [9.17, 15) is 0 Å². The Morgan fingerprint density at radius 1 is 0.968 bits per heavy atom. The lowest BCUT2D eigenvalue weighted by Gasteiger charge is -2.07. The number of anilines is 1. The Hall–Kier alpha value is -2.73. The Balaban J connectivity index is 1.52. The average molecular weight is 481 g/mol. The molecule has 5 nitrogen and oxygen atoms in total. The second-order valence-electron chi connectivity index (χ2n) is 7.43. The zero-order valence-corrected chi connectivity index (χ0v) is 19.7. The monoisotopic (exact) mass is 480 g/mol. The highest BCUT2D eigenvalue weighted by Gasteiger charge is 2.05. The minimum atomic E-state index is 0.657. The van der Waals surface area contributed by atoms with Gasteiger partial charge in [0.15, 0.2) is 11.6 Å². The first-order chi connectivity index (χ1) is 15.1. The van der Waals surface area contributed by atoms with Crippen LogP contribution < -0.4 is 10.2 Å². The molecule has 31 heavy (non-hydrogen) atoms. The van der Waals surface area contributed by atoms with Crippen LogP contribution in [-0.2, 0) is 0 Å². The molecule has 0 aliphatic rings. The molecule has 0 unspecified atom stereocenters. The lowest BCUT2D eigenvalue weighted by atomic mass is 10.2. The number of hydrazone groups is 1. The molecular weight excluding hydrogens is 452 g/mol. The molecule has 2 aromatic carbocycles. The van der Waals surface area contributed by atoms with Crippen molar-refractivity contribution in [3.63, 3.8) is 0 Å². The molecule has 3 rings (SSSR count). The van der Waals surface area contributed by atoms with Crippen LogP contribution in [0, 0.1) is 6.92 Å². The molecular formula is C25H29BrN4O. The van der Waals surface area contributed by atoms with Crippen LogP contribution in [-0.4, -0.2) is 22.8 Å². The quantitative estimate of drug-likeness (QED) is 0.182. The summed E-state index contributed by atoms with van der Waals surface area (Å²) < 4.78 is 6.83. The van der Waals surface area contributed by atoms with Crippen LogP contribution in [0.4, 0.5) is 5.82 Å². The Morgan fingerprint density at radius 2 is 1.71 bits per heavy atom. The second kappa shape index (κ2) is 12.2. The average Bonchev–Trinajstić information content (AvgIpc) is 2.77. The van der Waals surface area contributed by atoms with Crippen molar-refractivity contribution in [3.8, 4) is 17.1 Å². The van der Waals surface area contributed by atoms with Gasteiger partial charge >= 0.3 is 0 Å². The van der Waals surface area contributed by atoms with Gasteiger partial charge in [0, 0.05) is 21.8 Å². The third-order valence-electron chi connectivity index (χ3n) is 4.75. The summed E-state index contributed by atoms with van der Waals surface area (Å²) in [5.74, 6) is 2.22. The van der Waals surface area contributed by atoms with E-state index in [1.54, 1.807) is 6.21 Å². The number of nitrogens with one attached hydrogen (secondary N) is 1. The standard InChI is InChI=1S/C25H29BrN4O/c1-3-4-5-6-7-16-31-23-14-8-20(9-15-23)18-27-30-24-17-19(2)28-25(29-24)21-10-12-22(26)13-11-21/h8-15,17-18H,3-7,16H2,1-2H3,(H,28,29,30). The summed E-state index contributed by atoms with van der Waals surface area (Å²) in [7, 11) is 0. The van der Waals surface area contributed by atoms with Gasteiger partial charge in [-0.25, -0.2) is 9.97 Å². The molecule has 1 aromatic heterocycles. The van der Waals surface area contributed by atoms with Crippen molar-refractivity contribution < 1.29 is 4.74 Å². The van der Waals surface area contributed by atoms with Gasteiger partial charge in [0.25, 0.3) is 0 Å². The van der Waals surface area contributed by atoms with Crippen LogP contribution in [0.3, 0.4) is 0 Å². The number of hydrogen-bond donors (Lipinski definition) is 1. The molecule has 0 atom stereocenters. The zero-order valence-electron chi connectivity index (χ0n) is 18.1. The highest BCUT2D eigenvalue weighted by Crippen LogP contribution is 2.20. The fourth-order valence-corrected chi connectivity index (χ4v) is 3.34. The highest BCUT2D eigenvalue weighted by atomic mass is 79.9. The SMILES string of the molecule is CCCCCCCOc1ccc(C=NNc2cc(C)nc(-c3ccc(Br)cc3)n2)cc1. The lowest BCUT2D eigenvalue weighted by Crippen LogP contribution is -1.99. The molecule has 0 saturated carbocycles. The number of hydrogen-bond acceptors (Lipinski definition) is 5. The number of aryl methyl sites for hydroxylation is 1. The predicted octanol–water partition coefficient (Wildman–Crippen LogP) is 7.01. The van der Waals surface area contributed by atoms with Crippen LogP contribution in [0.2, 0.25) is 0 Å². The molecule has 3 aromatic rings. The van der Waals surface area contributed by atoms with E-state index in [2.05, 4.69) is 43.3 Å². The van der Waals surface area contributed by atoms with E-state index in [0.29, 0.717) is 11.6 Å². The van der Waals surface area contributed by atoms with Crippen molar-refractivity contribution >= 4 is 28.0 Å². The second-order valence-corrected chi connectivity index (χ2v) is 8.34. The van der Waals surface area contributed by atoms with E-state index in [1.807, 2.05) is 61.5 Å². The van der Waals surface area contributed by atoms with Gasteiger partial charge in [0.1, 0.15) is 5.75 Å². The number of unbranched alkanes of at least 4 members (excludes halogenated alkanes) is 4. The Kier molecular flexibility index (Phi) is 9.03. The van der Waals surface area contributed by atoms with Gasteiger partial charge in [-0.15, -0.1) is 0 Å². The van der Waals surface area contributed by atoms with Gasteiger partial charge in [-0.1, -0.05) is 60.7 Å². The summed E-state index contributed by atoms with van der Waals surface area (Å²) in [6, 6.07) is 17.8. The van der Waals surface area contributed by atoms with E-state index in [1.165, 1.54) is 25.7 Å². The van der Waals surface area contributed by atoms with Gasteiger partial charge in [-0.2, -0.15) is 5.10 Å². The molecule has 0 bridgehead atoms. The van der Waals surface area contributed by atoms with Gasteiger partial charge < -0.3 is 4.74 Å². The smallest absolute Gasteiger partial charge is 0.161 e. The largest absolute Gasteiger partial charge is 0.494 e. The van der Waals surface area contributed by atoms with Crippen LogP contribution in [0.25, 0.3) is 11.4 Å². The van der Waals surface area contributed by atoms with Crippen molar-refractivity contribution in [2.75, 3.05) is 12.0 Å². The highest BCUT2D eigenvalue weighted by molar-refractivity contribution is 9.10. The normalized spacial score (nSPS) is 11.1. The van der Waals surface area contributed by atoms with Gasteiger partial charge in [-0.3, -0.25) is 5.43 Å². The van der Waals surface area contributed by atoms with E-state index < -0.39 is 0 Å². The minimum Gasteiger partial charge on any atom is -0.494 e. The zero-order chi connectivity index (χ0) is 21.9. The van der Waals surface area contributed by atoms with Gasteiger partial charge in [0.05, 0.1) is 12.8 Å². The van der Waals surface area contributed by atoms with Crippen molar-refractivity contribution in [3.05, 3.63) is 70.3 Å². The lowest BCUT2D eigenvalue weighted by molar-refractivity contribution is 0.304. The number of ether oxygens (including phenoxy) is 1. The number of aromatic nitrogens is 2. The summed E-state index contributed by atoms with van der Waals surface area (Å²) in [5, 5.41) is 4.32. The topological polar surface area (TPSA) is 59.4 Å². The van der Waals surface area contributed by atoms with Gasteiger partial charge in [0.2, 0.25) is 0 Å². The van der Waals surface area contributed by atoms with Crippen LogP contribution in [0.1, 0.15) is 50.3 Å². The Morgan fingerprint density at radius 3 is 2.45 bits per heavy atom. The number of halogens is 1. The molecule has 0 aliphatic carbocycles. The van der Waals surface area contributed by atoms with E-state index in [0.717, 1.165) is 40.1 Å².